The van der Waals surface area contributed by atoms with Gasteiger partial charge in [-0.1, -0.05) is 30.3 Å². The van der Waals surface area contributed by atoms with Crippen molar-refractivity contribution in [2.45, 2.75) is 23.7 Å². The van der Waals surface area contributed by atoms with E-state index in [0.717, 1.165) is 29.2 Å². The molecule has 0 spiro atoms. The number of ether oxygens (including phenoxy) is 2. The van der Waals surface area contributed by atoms with Gasteiger partial charge in [0.2, 0.25) is 28.6 Å². The molecule has 1 saturated heterocycles. The molecule has 6 rings (SSSR count). The third-order valence-electron chi connectivity index (χ3n) is 6.15. The maximum Gasteiger partial charge on any atom is 0.247 e. The molecule has 168 valence electrons. The fraction of sp³-hybridized carbons (Fsp3) is 0.250. The molecule has 0 radical (unpaired) electrons. The number of piperidine rings is 1. The van der Waals surface area contributed by atoms with E-state index in [9.17, 15) is 8.42 Å². The SMILES string of the molecule is O=S(=O)(c1ccc2ccccc2c1)N1CCCC(c2nnc(-c3ccc4c(c3)OCO4)o2)C1. The average Bonchev–Trinajstić information content (AvgIpc) is 3.53. The third-order valence-corrected chi connectivity index (χ3v) is 8.01. The molecule has 0 amide bonds. The minimum absolute atomic E-state index is 0.163. The summed E-state index contributed by atoms with van der Waals surface area (Å²) in [5, 5.41) is 10.3. The fourth-order valence-electron chi connectivity index (χ4n) is 4.39. The Morgan fingerprint density at radius 2 is 1.76 bits per heavy atom. The van der Waals surface area contributed by atoms with Crippen molar-refractivity contribution < 1.29 is 22.3 Å². The molecular formula is C24H21N3O5S. The minimum Gasteiger partial charge on any atom is -0.454 e. The van der Waals surface area contributed by atoms with Crippen molar-refractivity contribution in [3.8, 4) is 23.0 Å². The predicted octanol–water partition coefficient (Wildman–Crippen LogP) is 4.19. The van der Waals surface area contributed by atoms with E-state index in [1.165, 1.54) is 4.31 Å². The molecule has 1 fully saturated rings. The van der Waals surface area contributed by atoms with E-state index in [1.54, 1.807) is 24.3 Å². The first kappa shape index (κ1) is 20.2. The summed E-state index contributed by atoms with van der Waals surface area (Å²) in [7, 11) is -3.63. The molecule has 4 aromatic rings. The van der Waals surface area contributed by atoms with Crippen LogP contribution in [0.25, 0.3) is 22.2 Å². The van der Waals surface area contributed by atoms with Crippen LogP contribution < -0.4 is 9.47 Å². The lowest BCUT2D eigenvalue weighted by molar-refractivity contribution is 0.174. The summed E-state index contributed by atoms with van der Waals surface area (Å²) in [6.07, 6.45) is 1.51. The van der Waals surface area contributed by atoms with E-state index < -0.39 is 10.0 Å². The summed E-state index contributed by atoms with van der Waals surface area (Å²) in [6, 6.07) is 18.4. The predicted molar refractivity (Wildman–Crippen MR) is 121 cm³/mol. The van der Waals surface area contributed by atoms with Gasteiger partial charge in [0.15, 0.2) is 11.5 Å². The number of rotatable bonds is 4. The summed E-state index contributed by atoms with van der Waals surface area (Å²) in [6.45, 7) is 0.963. The molecule has 3 aromatic carbocycles. The van der Waals surface area contributed by atoms with Gasteiger partial charge < -0.3 is 13.9 Å². The van der Waals surface area contributed by atoms with Gasteiger partial charge in [-0.05, 0) is 53.9 Å². The van der Waals surface area contributed by atoms with Gasteiger partial charge >= 0.3 is 0 Å². The van der Waals surface area contributed by atoms with Crippen LogP contribution in [-0.2, 0) is 10.0 Å². The van der Waals surface area contributed by atoms with Gasteiger partial charge in [0, 0.05) is 18.7 Å². The topological polar surface area (TPSA) is 94.8 Å². The Hall–Kier alpha value is -3.43. The first-order chi connectivity index (χ1) is 16.1. The number of sulfonamides is 1. The highest BCUT2D eigenvalue weighted by Crippen LogP contribution is 2.37. The van der Waals surface area contributed by atoms with Crippen molar-refractivity contribution in [2.24, 2.45) is 0 Å². The lowest BCUT2D eigenvalue weighted by atomic mass is 10.00. The Bertz CT molecular complexity index is 1450. The van der Waals surface area contributed by atoms with E-state index in [0.29, 0.717) is 41.3 Å². The lowest BCUT2D eigenvalue weighted by Crippen LogP contribution is -2.39. The molecule has 33 heavy (non-hydrogen) atoms. The van der Waals surface area contributed by atoms with Gasteiger partial charge in [-0.15, -0.1) is 10.2 Å². The molecule has 0 aliphatic carbocycles. The van der Waals surface area contributed by atoms with Crippen LogP contribution in [0.1, 0.15) is 24.7 Å². The molecule has 1 aromatic heterocycles. The van der Waals surface area contributed by atoms with Crippen molar-refractivity contribution in [3.05, 3.63) is 66.6 Å². The van der Waals surface area contributed by atoms with E-state index in [-0.39, 0.29) is 12.7 Å². The minimum atomic E-state index is -3.63. The van der Waals surface area contributed by atoms with E-state index in [2.05, 4.69) is 10.2 Å². The fourth-order valence-corrected chi connectivity index (χ4v) is 5.94. The molecule has 9 heteroatoms. The zero-order chi connectivity index (χ0) is 22.4. The summed E-state index contributed by atoms with van der Waals surface area (Å²) < 4.78 is 45.0. The van der Waals surface area contributed by atoms with Gasteiger partial charge in [0.05, 0.1) is 10.8 Å². The van der Waals surface area contributed by atoms with Gasteiger partial charge in [-0.3, -0.25) is 0 Å². The quantitative estimate of drug-likeness (QED) is 0.448. The Balaban J connectivity index is 1.24. The monoisotopic (exact) mass is 463 g/mol. The number of hydrogen-bond donors (Lipinski definition) is 0. The molecule has 8 nitrogen and oxygen atoms in total. The highest BCUT2D eigenvalue weighted by molar-refractivity contribution is 7.89. The summed E-state index contributed by atoms with van der Waals surface area (Å²) in [4.78, 5) is 0.299. The van der Waals surface area contributed by atoms with Crippen LogP contribution in [0, 0.1) is 0 Å². The molecule has 0 bridgehead atoms. The Kier molecular flexibility index (Phi) is 4.81. The van der Waals surface area contributed by atoms with Gasteiger partial charge in [0.25, 0.3) is 0 Å². The highest BCUT2D eigenvalue weighted by atomic mass is 32.2. The standard InChI is InChI=1S/C24H21N3O5S/c28-33(29,20-9-7-16-4-1-2-5-17(16)12-20)27-11-3-6-19(14-27)24-26-25-23(32-24)18-8-10-21-22(13-18)31-15-30-21/h1-2,4-5,7-10,12-13,19H,3,6,11,14-15H2. The molecule has 0 N–H and O–H groups in total. The van der Waals surface area contributed by atoms with Crippen molar-refractivity contribution in [1.82, 2.24) is 14.5 Å². The Labute approximate surface area is 190 Å². The Morgan fingerprint density at radius 3 is 2.67 bits per heavy atom. The van der Waals surface area contributed by atoms with Crippen LogP contribution in [0.3, 0.4) is 0 Å². The number of hydrogen-bond acceptors (Lipinski definition) is 7. The summed E-state index contributed by atoms with van der Waals surface area (Å²) >= 11 is 0. The molecule has 2 aliphatic heterocycles. The number of fused-ring (bicyclic) bond motifs is 2. The van der Waals surface area contributed by atoms with Crippen molar-refractivity contribution >= 4 is 20.8 Å². The maximum atomic E-state index is 13.4. The van der Waals surface area contributed by atoms with Gasteiger partial charge in [-0.25, -0.2) is 8.42 Å². The van der Waals surface area contributed by atoms with Gasteiger partial charge in [-0.2, -0.15) is 4.31 Å². The van der Waals surface area contributed by atoms with Crippen LogP contribution in [0.5, 0.6) is 11.5 Å². The molecule has 2 aliphatic rings. The van der Waals surface area contributed by atoms with Crippen LogP contribution in [-0.4, -0.2) is 42.8 Å². The van der Waals surface area contributed by atoms with Crippen LogP contribution in [0.4, 0.5) is 0 Å². The average molecular weight is 464 g/mol. The molecule has 3 heterocycles. The summed E-state index contributed by atoms with van der Waals surface area (Å²) in [5.41, 5.74) is 0.731. The van der Waals surface area contributed by atoms with Crippen LogP contribution in [0.15, 0.2) is 70.0 Å². The first-order valence-corrected chi connectivity index (χ1v) is 12.2. The molecule has 1 atom stereocenters. The highest BCUT2D eigenvalue weighted by Gasteiger charge is 2.33. The number of nitrogens with zero attached hydrogens (tertiary/aromatic N) is 3. The van der Waals surface area contributed by atoms with E-state index >= 15 is 0 Å². The zero-order valence-electron chi connectivity index (χ0n) is 17.7. The lowest BCUT2D eigenvalue weighted by Gasteiger charge is -2.30. The normalized spacial score (nSPS) is 18.6. The van der Waals surface area contributed by atoms with Crippen molar-refractivity contribution in [3.63, 3.8) is 0 Å². The largest absolute Gasteiger partial charge is 0.454 e. The zero-order valence-corrected chi connectivity index (χ0v) is 18.5. The first-order valence-electron chi connectivity index (χ1n) is 10.8. The molecule has 1 unspecified atom stereocenters. The van der Waals surface area contributed by atoms with Gasteiger partial charge in [0.1, 0.15) is 0 Å². The molecular weight excluding hydrogens is 442 g/mol. The smallest absolute Gasteiger partial charge is 0.247 e. The number of aromatic nitrogens is 2. The van der Waals surface area contributed by atoms with Crippen molar-refractivity contribution in [2.75, 3.05) is 19.9 Å². The van der Waals surface area contributed by atoms with Crippen molar-refractivity contribution in [1.29, 1.82) is 0 Å². The van der Waals surface area contributed by atoms with E-state index in [1.807, 2.05) is 36.4 Å². The Morgan fingerprint density at radius 1 is 0.909 bits per heavy atom. The summed E-state index contributed by atoms with van der Waals surface area (Å²) in [5.74, 6) is 1.97. The van der Waals surface area contributed by atoms with E-state index in [4.69, 9.17) is 13.9 Å². The van der Waals surface area contributed by atoms with Crippen LogP contribution >= 0.6 is 0 Å². The number of benzene rings is 3. The second-order valence-corrected chi connectivity index (χ2v) is 10.2. The second kappa shape index (κ2) is 7.86. The molecule has 0 saturated carbocycles. The van der Waals surface area contributed by atoms with Crippen LogP contribution in [0.2, 0.25) is 0 Å². The second-order valence-electron chi connectivity index (χ2n) is 8.22. The maximum absolute atomic E-state index is 13.4. The third kappa shape index (κ3) is 3.63.